The Hall–Kier alpha value is -1.90. The molecule has 4 rings (SSSR count). The fourth-order valence-corrected chi connectivity index (χ4v) is 4.13. The normalized spacial score (nSPS) is 19.7. The predicted octanol–water partition coefficient (Wildman–Crippen LogP) is 3.82. The molecular formula is C22H26Cl2N4O3. The Labute approximate surface area is 191 Å². The third-order valence-electron chi connectivity index (χ3n) is 5.52. The lowest BCUT2D eigenvalue weighted by molar-refractivity contribution is -0.128. The second-order valence-electron chi connectivity index (χ2n) is 7.73. The SMILES string of the molecule is O=C(Nc1cc(-c2cc(NCC3CCOCC3)ccc2Cl)c(Cl)cn1)C1CNCCO1. The topological polar surface area (TPSA) is 84.5 Å². The van der Waals surface area contributed by atoms with Crippen LogP contribution >= 0.6 is 23.2 Å². The van der Waals surface area contributed by atoms with Gasteiger partial charge in [-0.05, 0) is 43.0 Å². The highest BCUT2D eigenvalue weighted by atomic mass is 35.5. The van der Waals surface area contributed by atoms with E-state index in [-0.39, 0.29) is 5.91 Å². The number of nitrogens with one attached hydrogen (secondary N) is 3. The van der Waals surface area contributed by atoms with E-state index in [1.165, 1.54) is 6.20 Å². The lowest BCUT2D eigenvalue weighted by Gasteiger charge is -2.23. The highest BCUT2D eigenvalue weighted by Gasteiger charge is 2.22. The highest BCUT2D eigenvalue weighted by Crippen LogP contribution is 2.36. The van der Waals surface area contributed by atoms with E-state index in [2.05, 4.69) is 20.9 Å². The van der Waals surface area contributed by atoms with Gasteiger partial charge in [0.25, 0.3) is 5.91 Å². The maximum Gasteiger partial charge on any atom is 0.255 e. The van der Waals surface area contributed by atoms with Crippen molar-refractivity contribution in [2.45, 2.75) is 18.9 Å². The van der Waals surface area contributed by atoms with Crippen molar-refractivity contribution in [1.82, 2.24) is 10.3 Å². The van der Waals surface area contributed by atoms with Crippen LogP contribution in [-0.4, -0.2) is 56.5 Å². The first-order valence-electron chi connectivity index (χ1n) is 10.5. The van der Waals surface area contributed by atoms with Crippen LogP contribution in [0.1, 0.15) is 12.8 Å². The van der Waals surface area contributed by atoms with E-state index in [0.717, 1.165) is 50.4 Å². The second kappa shape index (κ2) is 10.6. The van der Waals surface area contributed by atoms with Crippen LogP contribution in [0.15, 0.2) is 30.5 Å². The Morgan fingerprint density at radius 1 is 1.13 bits per heavy atom. The molecule has 1 atom stereocenters. The van der Waals surface area contributed by atoms with E-state index in [0.29, 0.717) is 40.5 Å². The number of nitrogens with zero attached hydrogens (tertiary/aromatic N) is 1. The first kappa shape index (κ1) is 22.3. The number of hydrogen-bond acceptors (Lipinski definition) is 6. The van der Waals surface area contributed by atoms with Crippen LogP contribution in [0.5, 0.6) is 0 Å². The van der Waals surface area contributed by atoms with Crippen LogP contribution in [-0.2, 0) is 14.3 Å². The molecule has 3 heterocycles. The number of rotatable bonds is 6. The summed E-state index contributed by atoms with van der Waals surface area (Å²) >= 11 is 12.9. The second-order valence-corrected chi connectivity index (χ2v) is 8.55. The molecule has 0 spiro atoms. The summed E-state index contributed by atoms with van der Waals surface area (Å²) < 4.78 is 10.9. The fraction of sp³-hybridized carbons (Fsp3) is 0.455. The van der Waals surface area contributed by atoms with Gasteiger partial charge >= 0.3 is 0 Å². The van der Waals surface area contributed by atoms with E-state index in [4.69, 9.17) is 32.7 Å². The highest BCUT2D eigenvalue weighted by molar-refractivity contribution is 6.36. The van der Waals surface area contributed by atoms with E-state index < -0.39 is 6.10 Å². The summed E-state index contributed by atoms with van der Waals surface area (Å²) in [5.41, 5.74) is 2.44. The predicted molar refractivity (Wildman–Crippen MR) is 123 cm³/mol. The van der Waals surface area contributed by atoms with Gasteiger partial charge in [0.05, 0.1) is 11.6 Å². The molecule has 2 fully saturated rings. The summed E-state index contributed by atoms with van der Waals surface area (Å²) in [5, 5.41) is 10.5. The molecule has 3 N–H and O–H groups in total. The van der Waals surface area contributed by atoms with Gasteiger partial charge in [-0.25, -0.2) is 4.98 Å². The molecule has 2 saturated heterocycles. The number of halogens is 2. The summed E-state index contributed by atoms with van der Waals surface area (Å²) in [4.78, 5) is 16.7. The zero-order valence-corrected chi connectivity index (χ0v) is 18.6. The van der Waals surface area contributed by atoms with Gasteiger partial charge in [-0.15, -0.1) is 0 Å². The lowest BCUT2D eigenvalue weighted by Crippen LogP contribution is -2.45. The van der Waals surface area contributed by atoms with Gasteiger partial charge in [-0.1, -0.05) is 23.2 Å². The molecule has 0 bridgehead atoms. The molecule has 7 nitrogen and oxygen atoms in total. The van der Waals surface area contributed by atoms with Crippen molar-refractivity contribution in [2.24, 2.45) is 5.92 Å². The Kier molecular flexibility index (Phi) is 7.63. The number of carbonyl (C=O) groups excluding carboxylic acids is 1. The Morgan fingerprint density at radius 3 is 2.71 bits per heavy atom. The third kappa shape index (κ3) is 5.87. The minimum Gasteiger partial charge on any atom is -0.385 e. The quantitative estimate of drug-likeness (QED) is 0.602. The number of anilines is 2. The smallest absolute Gasteiger partial charge is 0.255 e. The number of morpholine rings is 1. The zero-order chi connectivity index (χ0) is 21.6. The summed E-state index contributed by atoms with van der Waals surface area (Å²) in [5.74, 6) is 0.747. The fourth-order valence-electron chi connectivity index (χ4n) is 3.71. The average molecular weight is 465 g/mol. The van der Waals surface area contributed by atoms with Crippen molar-refractivity contribution in [3.8, 4) is 11.1 Å². The number of aromatic nitrogens is 1. The van der Waals surface area contributed by atoms with Gasteiger partial charge in [0.2, 0.25) is 0 Å². The average Bonchev–Trinajstić information content (AvgIpc) is 2.81. The molecule has 31 heavy (non-hydrogen) atoms. The maximum atomic E-state index is 12.5. The van der Waals surface area contributed by atoms with Gasteiger partial charge in [0, 0.05) is 60.9 Å². The van der Waals surface area contributed by atoms with E-state index in [1.54, 1.807) is 6.07 Å². The van der Waals surface area contributed by atoms with Crippen molar-refractivity contribution in [2.75, 3.05) is 50.1 Å². The zero-order valence-electron chi connectivity index (χ0n) is 17.1. The molecule has 2 aromatic rings. The van der Waals surface area contributed by atoms with Crippen molar-refractivity contribution >= 4 is 40.6 Å². The summed E-state index contributed by atoms with van der Waals surface area (Å²) in [7, 11) is 0. The van der Waals surface area contributed by atoms with E-state index in [1.807, 2.05) is 18.2 Å². The minimum atomic E-state index is -0.545. The van der Waals surface area contributed by atoms with E-state index in [9.17, 15) is 4.79 Å². The van der Waals surface area contributed by atoms with Crippen molar-refractivity contribution < 1.29 is 14.3 Å². The number of ether oxygens (including phenoxy) is 2. The number of hydrogen-bond donors (Lipinski definition) is 3. The molecule has 2 aliphatic rings. The Bertz CT molecular complexity index is 916. The first-order chi connectivity index (χ1) is 15.1. The van der Waals surface area contributed by atoms with Crippen LogP contribution in [0.3, 0.4) is 0 Å². The third-order valence-corrected chi connectivity index (χ3v) is 6.15. The Morgan fingerprint density at radius 2 is 1.94 bits per heavy atom. The molecule has 0 aliphatic carbocycles. The van der Waals surface area contributed by atoms with Gasteiger partial charge in [0.15, 0.2) is 0 Å². The maximum absolute atomic E-state index is 12.5. The molecule has 166 valence electrons. The van der Waals surface area contributed by atoms with Crippen LogP contribution in [0.2, 0.25) is 10.0 Å². The lowest BCUT2D eigenvalue weighted by atomic mass is 10.00. The van der Waals surface area contributed by atoms with Gasteiger partial charge in [0.1, 0.15) is 11.9 Å². The van der Waals surface area contributed by atoms with Crippen molar-refractivity contribution in [1.29, 1.82) is 0 Å². The van der Waals surface area contributed by atoms with Crippen LogP contribution < -0.4 is 16.0 Å². The number of benzene rings is 1. The molecule has 0 radical (unpaired) electrons. The number of carbonyl (C=O) groups is 1. The molecule has 0 saturated carbocycles. The largest absolute Gasteiger partial charge is 0.385 e. The number of amides is 1. The van der Waals surface area contributed by atoms with Crippen LogP contribution in [0.25, 0.3) is 11.1 Å². The molecule has 2 aliphatic heterocycles. The molecule has 1 unspecified atom stereocenters. The number of pyridine rings is 1. The van der Waals surface area contributed by atoms with Gasteiger partial charge in [-0.3, -0.25) is 4.79 Å². The molecule has 9 heteroatoms. The van der Waals surface area contributed by atoms with Gasteiger partial charge < -0.3 is 25.4 Å². The monoisotopic (exact) mass is 464 g/mol. The van der Waals surface area contributed by atoms with Gasteiger partial charge in [-0.2, -0.15) is 0 Å². The summed E-state index contributed by atoms with van der Waals surface area (Å²) in [6.07, 6.45) is 3.10. The van der Waals surface area contributed by atoms with E-state index >= 15 is 0 Å². The summed E-state index contributed by atoms with van der Waals surface area (Å²) in [6, 6.07) is 7.51. The van der Waals surface area contributed by atoms with Crippen LogP contribution in [0, 0.1) is 5.92 Å². The summed E-state index contributed by atoms with van der Waals surface area (Å²) in [6.45, 7) is 4.23. The first-order valence-corrected chi connectivity index (χ1v) is 11.3. The molecule has 1 amide bonds. The standard InChI is InChI=1S/C22H26Cl2N4O3/c23-18-2-1-15(26-11-14-3-6-30-7-4-14)9-16(18)17-10-21(27-12-19(17)24)28-22(29)20-13-25-5-8-31-20/h1-2,9-10,12,14,20,25-26H,3-8,11,13H2,(H,27,28,29). The van der Waals surface area contributed by atoms with Crippen molar-refractivity contribution in [3.63, 3.8) is 0 Å². The molecular weight excluding hydrogens is 439 g/mol. The van der Waals surface area contributed by atoms with Crippen LogP contribution in [0.4, 0.5) is 11.5 Å². The Balaban J connectivity index is 1.49. The molecule has 1 aromatic carbocycles. The van der Waals surface area contributed by atoms with Crippen molar-refractivity contribution in [3.05, 3.63) is 40.5 Å². The minimum absolute atomic E-state index is 0.244. The molecule has 1 aromatic heterocycles.